The molecule has 1 N–H and O–H groups in total. The first-order valence-electron chi connectivity index (χ1n) is 7.22. The Balaban J connectivity index is 2.21. The Hall–Kier alpha value is -1.35. The lowest BCUT2D eigenvalue weighted by molar-refractivity contribution is -0.116. The van der Waals surface area contributed by atoms with Crippen molar-refractivity contribution in [1.82, 2.24) is 5.32 Å². The van der Waals surface area contributed by atoms with Gasteiger partial charge < -0.3 is 10.2 Å². The molecule has 1 heterocycles. The Morgan fingerprint density at radius 2 is 2.26 bits per heavy atom. The van der Waals surface area contributed by atoms with Crippen LogP contribution in [0.2, 0.25) is 0 Å². The van der Waals surface area contributed by atoms with Gasteiger partial charge in [0.15, 0.2) is 0 Å². The Bertz CT molecular complexity index is 452. The second kappa shape index (κ2) is 6.20. The summed E-state index contributed by atoms with van der Waals surface area (Å²) in [5.74, 6) is 0.148. The molecule has 19 heavy (non-hydrogen) atoms. The van der Waals surface area contributed by atoms with Gasteiger partial charge in [-0.05, 0) is 49.9 Å². The summed E-state index contributed by atoms with van der Waals surface area (Å²) in [6.45, 7) is 4.71. The lowest BCUT2D eigenvalue weighted by Gasteiger charge is -2.29. The van der Waals surface area contributed by atoms with Crippen LogP contribution in [0.1, 0.15) is 37.8 Å². The van der Waals surface area contributed by atoms with Crippen LogP contribution in [0.5, 0.6) is 0 Å². The average molecular weight is 260 g/mol. The van der Waals surface area contributed by atoms with E-state index in [0.717, 1.165) is 37.9 Å². The fourth-order valence-electron chi connectivity index (χ4n) is 2.84. The third-order valence-electron chi connectivity index (χ3n) is 4.03. The van der Waals surface area contributed by atoms with E-state index < -0.39 is 0 Å². The van der Waals surface area contributed by atoms with Crippen LogP contribution in [0.25, 0.3) is 0 Å². The van der Waals surface area contributed by atoms with Crippen LogP contribution in [0, 0.1) is 0 Å². The van der Waals surface area contributed by atoms with E-state index in [1.165, 1.54) is 11.1 Å². The van der Waals surface area contributed by atoms with Crippen molar-refractivity contribution < 1.29 is 4.79 Å². The number of rotatable bonds is 4. The zero-order chi connectivity index (χ0) is 13.8. The van der Waals surface area contributed by atoms with E-state index in [1.807, 2.05) is 11.9 Å². The fourth-order valence-corrected chi connectivity index (χ4v) is 2.84. The van der Waals surface area contributed by atoms with Crippen LogP contribution >= 0.6 is 0 Å². The first-order valence-corrected chi connectivity index (χ1v) is 7.22. The Morgan fingerprint density at radius 1 is 1.47 bits per heavy atom. The van der Waals surface area contributed by atoms with Crippen LogP contribution in [0.3, 0.4) is 0 Å². The number of likely N-dealkylation sites (N-methyl/N-ethyl adjacent to an activating group) is 1. The van der Waals surface area contributed by atoms with E-state index in [-0.39, 0.29) is 5.91 Å². The molecule has 1 atom stereocenters. The molecule has 0 saturated carbocycles. The molecule has 104 valence electrons. The fraction of sp³-hybridized carbons (Fsp3) is 0.562. The molecule has 1 aromatic rings. The van der Waals surface area contributed by atoms with Crippen LogP contribution < -0.4 is 10.2 Å². The Labute approximate surface area is 116 Å². The summed E-state index contributed by atoms with van der Waals surface area (Å²) >= 11 is 0. The molecule has 0 bridgehead atoms. The number of nitrogens with zero attached hydrogens (tertiary/aromatic N) is 1. The van der Waals surface area contributed by atoms with Crippen molar-refractivity contribution in [2.24, 2.45) is 0 Å². The second-order valence-electron chi connectivity index (χ2n) is 5.34. The summed E-state index contributed by atoms with van der Waals surface area (Å²) in [6, 6.07) is 7.10. The summed E-state index contributed by atoms with van der Waals surface area (Å²) in [4.78, 5) is 13.5. The largest absolute Gasteiger partial charge is 0.317 e. The number of carbonyl (C=O) groups excluding carboxylic acids is 1. The molecule has 1 aromatic carbocycles. The number of hydrogen-bond acceptors (Lipinski definition) is 2. The number of fused-ring (bicyclic) bond motifs is 1. The van der Waals surface area contributed by atoms with Gasteiger partial charge in [0.2, 0.25) is 5.91 Å². The minimum atomic E-state index is 0.148. The van der Waals surface area contributed by atoms with Gasteiger partial charge >= 0.3 is 0 Å². The first kappa shape index (κ1) is 14.1. The summed E-state index contributed by atoms with van der Waals surface area (Å²) in [6.07, 6.45) is 4.34. The van der Waals surface area contributed by atoms with E-state index in [2.05, 4.69) is 30.4 Å². The predicted octanol–water partition coefficient (Wildman–Crippen LogP) is 2.53. The molecule has 0 saturated heterocycles. The minimum Gasteiger partial charge on any atom is -0.317 e. The minimum absolute atomic E-state index is 0.148. The zero-order valence-electron chi connectivity index (χ0n) is 12.2. The van der Waals surface area contributed by atoms with Crippen LogP contribution in [-0.4, -0.2) is 25.5 Å². The van der Waals surface area contributed by atoms with E-state index in [1.54, 1.807) is 6.92 Å². The van der Waals surface area contributed by atoms with E-state index in [4.69, 9.17) is 0 Å². The highest BCUT2D eigenvalue weighted by atomic mass is 16.2. The number of amides is 1. The van der Waals surface area contributed by atoms with Crippen molar-refractivity contribution in [1.29, 1.82) is 0 Å². The molecule has 2 rings (SSSR count). The number of carbonyl (C=O) groups is 1. The van der Waals surface area contributed by atoms with Gasteiger partial charge in [0.25, 0.3) is 0 Å². The zero-order valence-corrected chi connectivity index (χ0v) is 12.2. The van der Waals surface area contributed by atoms with Gasteiger partial charge in [-0.15, -0.1) is 0 Å². The van der Waals surface area contributed by atoms with Gasteiger partial charge in [0.05, 0.1) is 0 Å². The standard InChI is InChI=1S/C16H24N2O/c1-4-15(17-3)11-13-7-8-16-14(10-13)6-5-9-18(16)12(2)19/h7-8,10,15,17H,4-6,9,11H2,1-3H3. The van der Waals surface area contributed by atoms with Crippen molar-refractivity contribution in [3.8, 4) is 0 Å². The van der Waals surface area contributed by atoms with Crippen LogP contribution in [0.4, 0.5) is 5.69 Å². The highest BCUT2D eigenvalue weighted by Gasteiger charge is 2.20. The summed E-state index contributed by atoms with van der Waals surface area (Å²) < 4.78 is 0. The highest BCUT2D eigenvalue weighted by Crippen LogP contribution is 2.28. The maximum atomic E-state index is 11.6. The quantitative estimate of drug-likeness (QED) is 0.902. The Morgan fingerprint density at radius 3 is 2.89 bits per heavy atom. The van der Waals surface area contributed by atoms with Gasteiger partial charge in [-0.1, -0.05) is 19.1 Å². The number of nitrogens with one attached hydrogen (secondary N) is 1. The molecule has 3 heteroatoms. The van der Waals surface area contributed by atoms with Gasteiger partial charge in [0.1, 0.15) is 0 Å². The van der Waals surface area contributed by atoms with Gasteiger partial charge in [-0.3, -0.25) is 4.79 Å². The SMILES string of the molecule is CCC(Cc1ccc2c(c1)CCCN2C(C)=O)NC. The van der Waals surface area contributed by atoms with Gasteiger partial charge in [-0.2, -0.15) is 0 Å². The summed E-state index contributed by atoms with van der Waals surface area (Å²) in [5, 5.41) is 3.34. The third kappa shape index (κ3) is 3.16. The van der Waals surface area contributed by atoms with E-state index >= 15 is 0 Å². The lowest BCUT2D eigenvalue weighted by atomic mass is 9.96. The molecular formula is C16H24N2O. The molecule has 0 aliphatic carbocycles. The smallest absolute Gasteiger partial charge is 0.223 e. The molecule has 0 spiro atoms. The van der Waals surface area contributed by atoms with Crippen molar-refractivity contribution in [3.63, 3.8) is 0 Å². The maximum absolute atomic E-state index is 11.6. The summed E-state index contributed by atoms with van der Waals surface area (Å²) in [5.41, 5.74) is 3.80. The average Bonchev–Trinajstić information content (AvgIpc) is 2.43. The van der Waals surface area contributed by atoms with Crippen molar-refractivity contribution in [3.05, 3.63) is 29.3 Å². The molecule has 0 radical (unpaired) electrons. The predicted molar refractivity (Wildman–Crippen MR) is 79.6 cm³/mol. The van der Waals surface area contributed by atoms with Crippen LogP contribution in [0.15, 0.2) is 18.2 Å². The highest BCUT2D eigenvalue weighted by molar-refractivity contribution is 5.92. The normalized spacial score (nSPS) is 16.1. The van der Waals surface area contributed by atoms with Crippen molar-refractivity contribution in [2.75, 3.05) is 18.5 Å². The van der Waals surface area contributed by atoms with E-state index in [0.29, 0.717) is 6.04 Å². The molecule has 1 unspecified atom stereocenters. The molecule has 0 fully saturated rings. The molecule has 3 nitrogen and oxygen atoms in total. The lowest BCUT2D eigenvalue weighted by Crippen LogP contribution is -2.33. The summed E-state index contributed by atoms with van der Waals surface area (Å²) in [7, 11) is 2.02. The topological polar surface area (TPSA) is 32.3 Å². The van der Waals surface area contributed by atoms with Gasteiger partial charge in [0, 0.05) is 25.2 Å². The van der Waals surface area contributed by atoms with Crippen LogP contribution in [-0.2, 0) is 17.6 Å². The molecule has 1 aliphatic rings. The molecular weight excluding hydrogens is 236 g/mol. The number of hydrogen-bond donors (Lipinski definition) is 1. The maximum Gasteiger partial charge on any atom is 0.223 e. The molecule has 0 aromatic heterocycles. The Kier molecular flexibility index (Phi) is 4.59. The van der Waals surface area contributed by atoms with Gasteiger partial charge in [-0.25, -0.2) is 0 Å². The molecule has 1 amide bonds. The third-order valence-corrected chi connectivity index (χ3v) is 4.03. The number of benzene rings is 1. The number of anilines is 1. The molecule has 1 aliphatic heterocycles. The number of aryl methyl sites for hydroxylation is 1. The van der Waals surface area contributed by atoms with Crippen molar-refractivity contribution in [2.45, 2.75) is 45.6 Å². The second-order valence-corrected chi connectivity index (χ2v) is 5.34. The first-order chi connectivity index (χ1) is 9.15. The van der Waals surface area contributed by atoms with Crippen molar-refractivity contribution >= 4 is 11.6 Å². The van der Waals surface area contributed by atoms with E-state index in [9.17, 15) is 4.79 Å². The monoisotopic (exact) mass is 260 g/mol.